The van der Waals surface area contributed by atoms with Crippen molar-refractivity contribution in [3.05, 3.63) is 0 Å². The molecule has 0 atom stereocenters. The zero-order valence-electron chi connectivity index (χ0n) is 10.0. The second kappa shape index (κ2) is 5.35. The van der Waals surface area contributed by atoms with Crippen LogP contribution in [-0.2, 0) is 4.79 Å². The average molecular weight is 199 g/mol. The van der Waals surface area contributed by atoms with E-state index in [-0.39, 0.29) is 5.54 Å². The lowest BCUT2D eigenvalue weighted by Crippen LogP contribution is -2.45. The van der Waals surface area contributed by atoms with E-state index in [0.717, 1.165) is 13.0 Å². The molecule has 0 aliphatic carbocycles. The van der Waals surface area contributed by atoms with Crippen LogP contribution < -0.4 is 10.6 Å². The third-order valence-corrected chi connectivity index (χ3v) is 1.90. The highest BCUT2D eigenvalue weighted by Gasteiger charge is 2.24. The van der Waals surface area contributed by atoms with Crippen molar-refractivity contribution in [1.29, 1.82) is 0 Å². The molecule has 3 nitrogen and oxygen atoms in total. The van der Waals surface area contributed by atoms with E-state index in [1.807, 2.05) is 0 Å². The molecule has 2 N–H and O–H groups in total. The minimum Gasteiger partial charge on any atom is -0.347 e. The Morgan fingerprint density at radius 1 is 1.07 bits per heavy atom. The molecule has 0 spiro atoms. The third kappa shape index (κ3) is 8.05. The molecule has 0 bridgehead atoms. The number of carbonyl (C=O) groups excluding carboxylic acids is 1. The molecule has 0 aromatic rings. The predicted molar refractivity (Wildman–Crippen MR) is 59.8 cm³/mol. The standard InChI is InChI=1S/C11H23N2O/c1-10(2,3)8-11(4,5)13-7-6-12-9-14/h13H,6-8H2,1-5H3,(H,12,14). The molecule has 0 saturated heterocycles. The van der Waals surface area contributed by atoms with E-state index in [1.165, 1.54) is 0 Å². The van der Waals surface area contributed by atoms with Crippen LogP contribution in [0.5, 0.6) is 0 Å². The maximum absolute atomic E-state index is 9.89. The summed E-state index contributed by atoms with van der Waals surface area (Å²) in [6, 6.07) is 0. The summed E-state index contributed by atoms with van der Waals surface area (Å²) in [5, 5.41) is 5.92. The summed E-state index contributed by atoms with van der Waals surface area (Å²) in [5.41, 5.74) is 0.434. The Kier molecular flexibility index (Phi) is 5.13. The van der Waals surface area contributed by atoms with Crippen LogP contribution in [0.15, 0.2) is 0 Å². The van der Waals surface area contributed by atoms with Crippen molar-refractivity contribution in [2.24, 2.45) is 5.41 Å². The molecular formula is C11H23N2O. The van der Waals surface area contributed by atoms with E-state index in [4.69, 9.17) is 0 Å². The van der Waals surface area contributed by atoms with Crippen LogP contribution in [0, 0.1) is 5.41 Å². The fourth-order valence-electron chi connectivity index (χ4n) is 1.90. The van der Waals surface area contributed by atoms with Crippen molar-refractivity contribution in [1.82, 2.24) is 10.6 Å². The van der Waals surface area contributed by atoms with E-state index < -0.39 is 0 Å². The lowest BCUT2D eigenvalue weighted by molar-refractivity contribution is 0.243. The lowest BCUT2D eigenvalue weighted by atomic mass is 9.82. The molecule has 0 unspecified atom stereocenters. The quantitative estimate of drug-likeness (QED) is 0.502. The smallest absolute Gasteiger partial charge is 0.309 e. The molecule has 0 aromatic heterocycles. The van der Waals surface area contributed by atoms with Gasteiger partial charge in [0, 0.05) is 18.6 Å². The highest BCUT2D eigenvalue weighted by molar-refractivity contribution is 5.46. The maximum atomic E-state index is 9.89. The van der Waals surface area contributed by atoms with Crippen LogP contribution in [0.25, 0.3) is 0 Å². The van der Waals surface area contributed by atoms with E-state index in [9.17, 15) is 4.79 Å². The maximum Gasteiger partial charge on any atom is 0.309 e. The largest absolute Gasteiger partial charge is 0.347 e. The minimum atomic E-state index is 0.114. The molecule has 0 heterocycles. The number of hydrogen-bond acceptors (Lipinski definition) is 2. The van der Waals surface area contributed by atoms with Crippen LogP contribution in [0.4, 0.5) is 0 Å². The topological polar surface area (TPSA) is 41.1 Å². The second-order valence-electron chi connectivity index (χ2n) is 5.58. The van der Waals surface area contributed by atoms with Crippen molar-refractivity contribution in [3.63, 3.8) is 0 Å². The molecule has 0 saturated carbocycles. The Balaban J connectivity index is 3.77. The van der Waals surface area contributed by atoms with Gasteiger partial charge in [0.1, 0.15) is 0 Å². The van der Waals surface area contributed by atoms with Crippen molar-refractivity contribution in [3.8, 4) is 0 Å². The van der Waals surface area contributed by atoms with E-state index in [2.05, 4.69) is 45.3 Å². The first kappa shape index (κ1) is 13.4. The Bertz CT molecular complexity index is 171. The average Bonchev–Trinajstić information content (AvgIpc) is 1.93. The van der Waals surface area contributed by atoms with Crippen molar-refractivity contribution < 1.29 is 4.79 Å². The molecule has 0 rings (SSSR count). The van der Waals surface area contributed by atoms with Crippen LogP contribution in [0.1, 0.15) is 41.0 Å². The molecule has 0 aromatic carbocycles. The van der Waals surface area contributed by atoms with Gasteiger partial charge in [0.2, 0.25) is 0 Å². The minimum absolute atomic E-state index is 0.114. The fourth-order valence-corrected chi connectivity index (χ4v) is 1.90. The van der Waals surface area contributed by atoms with Gasteiger partial charge in [0.05, 0.1) is 0 Å². The monoisotopic (exact) mass is 199 g/mol. The van der Waals surface area contributed by atoms with Crippen LogP contribution in [0.3, 0.4) is 0 Å². The SMILES string of the molecule is CC(C)(C)CC(C)(C)NCCN[C]=O. The first-order valence-electron chi connectivity index (χ1n) is 5.12. The molecule has 0 fully saturated rings. The summed E-state index contributed by atoms with van der Waals surface area (Å²) in [5.74, 6) is 0. The summed E-state index contributed by atoms with van der Waals surface area (Å²) in [6.07, 6.45) is 2.76. The Hall–Kier alpha value is -0.570. The van der Waals surface area contributed by atoms with Crippen LogP contribution in [-0.4, -0.2) is 25.0 Å². The van der Waals surface area contributed by atoms with E-state index in [0.29, 0.717) is 12.0 Å². The summed E-state index contributed by atoms with van der Waals surface area (Å²) >= 11 is 0. The first-order valence-corrected chi connectivity index (χ1v) is 5.12. The zero-order chi connectivity index (χ0) is 11.2. The molecular weight excluding hydrogens is 176 g/mol. The van der Waals surface area contributed by atoms with Crippen LogP contribution in [0.2, 0.25) is 0 Å². The molecule has 0 aliphatic heterocycles. The summed E-state index contributed by atoms with van der Waals surface area (Å²) in [4.78, 5) is 9.89. The number of rotatable bonds is 6. The van der Waals surface area contributed by atoms with Gasteiger partial charge in [-0.1, -0.05) is 20.8 Å². The van der Waals surface area contributed by atoms with E-state index in [1.54, 1.807) is 6.41 Å². The van der Waals surface area contributed by atoms with Gasteiger partial charge in [-0.25, -0.2) is 0 Å². The molecule has 0 aliphatic rings. The van der Waals surface area contributed by atoms with Gasteiger partial charge in [-0.15, -0.1) is 0 Å². The molecule has 83 valence electrons. The highest BCUT2D eigenvalue weighted by Crippen LogP contribution is 2.26. The zero-order valence-corrected chi connectivity index (χ0v) is 10.0. The van der Waals surface area contributed by atoms with Gasteiger partial charge in [-0.3, -0.25) is 4.79 Å². The normalized spacial score (nSPS) is 12.6. The fraction of sp³-hybridized carbons (Fsp3) is 0.909. The summed E-state index contributed by atoms with van der Waals surface area (Å²) < 4.78 is 0. The Morgan fingerprint density at radius 2 is 1.64 bits per heavy atom. The lowest BCUT2D eigenvalue weighted by Gasteiger charge is -2.33. The summed E-state index contributed by atoms with van der Waals surface area (Å²) in [7, 11) is 0. The number of amides is 1. The van der Waals surface area contributed by atoms with Gasteiger partial charge >= 0.3 is 6.41 Å². The van der Waals surface area contributed by atoms with Gasteiger partial charge in [0.25, 0.3) is 0 Å². The van der Waals surface area contributed by atoms with Gasteiger partial charge in [-0.2, -0.15) is 0 Å². The predicted octanol–water partition coefficient (Wildman–Crippen LogP) is 1.45. The Labute approximate surface area is 87.6 Å². The number of hydrogen-bond donors (Lipinski definition) is 2. The molecule has 1 radical (unpaired) electrons. The number of nitrogens with one attached hydrogen (secondary N) is 2. The van der Waals surface area contributed by atoms with Crippen LogP contribution >= 0.6 is 0 Å². The summed E-state index contributed by atoms with van der Waals surface area (Å²) in [6.45, 7) is 12.5. The van der Waals surface area contributed by atoms with E-state index >= 15 is 0 Å². The van der Waals surface area contributed by atoms with Gasteiger partial charge < -0.3 is 10.6 Å². The molecule has 14 heavy (non-hydrogen) atoms. The third-order valence-electron chi connectivity index (χ3n) is 1.90. The van der Waals surface area contributed by atoms with Gasteiger partial charge in [-0.05, 0) is 25.7 Å². The van der Waals surface area contributed by atoms with Gasteiger partial charge in [0.15, 0.2) is 0 Å². The molecule has 1 amide bonds. The molecule has 3 heteroatoms. The highest BCUT2D eigenvalue weighted by atomic mass is 16.1. The second-order valence-corrected chi connectivity index (χ2v) is 5.58. The van der Waals surface area contributed by atoms with Crippen molar-refractivity contribution in [2.75, 3.05) is 13.1 Å². The Morgan fingerprint density at radius 3 is 2.07 bits per heavy atom. The van der Waals surface area contributed by atoms with Crippen molar-refractivity contribution >= 4 is 6.41 Å². The first-order chi connectivity index (χ1) is 6.27. The van der Waals surface area contributed by atoms with Crippen molar-refractivity contribution in [2.45, 2.75) is 46.6 Å².